The summed E-state index contributed by atoms with van der Waals surface area (Å²) < 4.78 is 18.2. The van der Waals surface area contributed by atoms with Gasteiger partial charge in [0.1, 0.15) is 33.0 Å². The standard InChI is InChI=1S/C12H17O8/c1-3-17-9(13)7-11(15)19-5-6-20-12(16)8-10(14)18-4-2/h1,3-8H2,2H3/q+1. The van der Waals surface area contributed by atoms with Crippen LogP contribution < -0.4 is 0 Å². The first-order chi connectivity index (χ1) is 9.49. The van der Waals surface area contributed by atoms with Crippen molar-refractivity contribution < 1.29 is 38.1 Å². The number of carbonyl (C=O) groups is 4. The highest BCUT2D eigenvalue weighted by Gasteiger charge is 2.14. The lowest BCUT2D eigenvalue weighted by molar-refractivity contribution is -0.160. The Bertz CT molecular complexity index is 315. The van der Waals surface area contributed by atoms with Gasteiger partial charge in [-0.1, -0.05) is 0 Å². The smallest absolute Gasteiger partial charge is 0.320 e. The molecule has 0 aromatic heterocycles. The highest BCUT2D eigenvalue weighted by molar-refractivity contribution is 5.91. The van der Waals surface area contributed by atoms with Crippen molar-refractivity contribution in [1.82, 2.24) is 0 Å². The van der Waals surface area contributed by atoms with Crippen LogP contribution in [0.25, 0.3) is 0 Å². The van der Waals surface area contributed by atoms with E-state index < -0.39 is 36.7 Å². The molecule has 8 nitrogen and oxygen atoms in total. The topological polar surface area (TPSA) is 105 Å². The molecule has 0 saturated heterocycles. The van der Waals surface area contributed by atoms with Crippen molar-refractivity contribution in [3.05, 3.63) is 6.92 Å². The van der Waals surface area contributed by atoms with Gasteiger partial charge in [-0.3, -0.25) is 19.2 Å². The molecule has 0 bridgehead atoms. The molecule has 0 N–H and O–H groups in total. The average molecular weight is 289 g/mol. The number of hydrogen-bond donors (Lipinski definition) is 0. The SMILES string of the molecule is [CH2+]COC(=O)CC(=O)OCCOC(=O)CC(=O)OCC. The highest BCUT2D eigenvalue weighted by atomic mass is 16.6. The Morgan fingerprint density at radius 3 is 1.55 bits per heavy atom. The zero-order valence-electron chi connectivity index (χ0n) is 11.2. The molecule has 20 heavy (non-hydrogen) atoms. The Kier molecular flexibility index (Phi) is 9.45. The zero-order valence-corrected chi connectivity index (χ0v) is 11.2. The monoisotopic (exact) mass is 289 g/mol. The maximum Gasteiger partial charge on any atom is 0.320 e. The fourth-order valence-electron chi connectivity index (χ4n) is 1.03. The van der Waals surface area contributed by atoms with Crippen molar-refractivity contribution in [2.24, 2.45) is 0 Å². The van der Waals surface area contributed by atoms with Crippen molar-refractivity contribution >= 4 is 23.9 Å². The lowest BCUT2D eigenvalue weighted by atomic mass is 10.4. The van der Waals surface area contributed by atoms with Gasteiger partial charge in [-0.15, -0.1) is 0 Å². The first kappa shape index (κ1) is 17.8. The van der Waals surface area contributed by atoms with Gasteiger partial charge in [0, 0.05) is 0 Å². The normalized spacial score (nSPS) is 9.45. The van der Waals surface area contributed by atoms with E-state index in [4.69, 9.17) is 0 Å². The molecule has 0 heterocycles. The van der Waals surface area contributed by atoms with Gasteiger partial charge < -0.3 is 18.9 Å². The second-order valence-corrected chi connectivity index (χ2v) is 3.32. The number of carbonyl (C=O) groups excluding carboxylic acids is 4. The summed E-state index contributed by atoms with van der Waals surface area (Å²) in [7, 11) is 0. The van der Waals surface area contributed by atoms with Crippen molar-refractivity contribution in [1.29, 1.82) is 0 Å². The molecule has 0 spiro atoms. The summed E-state index contributed by atoms with van der Waals surface area (Å²) in [6.45, 7) is 4.56. The Labute approximate surface area is 116 Å². The molecule has 112 valence electrons. The van der Waals surface area contributed by atoms with Gasteiger partial charge in [0.25, 0.3) is 0 Å². The third kappa shape index (κ3) is 9.75. The first-order valence-corrected chi connectivity index (χ1v) is 5.91. The van der Waals surface area contributed by atoms with Crippen molar-refractivity contribution in [3.8, 4) is 0 Å². The molecule has 0 radical (unpaired) electrons. The van der Waals surface area contributed by atoms with Crippen LogP contribution in [0.5, 0.6) is 0 Å². The summed E-state index contributed by atoms with van der Waals surface area (Å²) in [5.41, 5.74) is 0. The molecule has 8 heteroatoms. The second kappa shape index (κ2) is 10.7. The number of rotatable bonds is 9. The van der Waals surface area contributed by atoms with E-state index in [2.05, 4.69) is 25.9 Å². The predicted molar refractivity (Wildman–Crippen MR) is 64.1 cm³/mol. The molecule has 0 fully saturated rings. The van der Waals surface area contributed by atoms with Crippen LogP contribution in [0.1, 0.15) is 19.8 Å². The molecule has 0 unspecified atom stereocenters. The summed E-state index contributed by atoms with van der Waals surface area (Å²) in [4.78, 5) is 44.0. The summed E-state index contributed by atoms with van der Waals surface area (Å²) in [6.07, 6.45) is -1.04. The van der Waals surface area contributed by atoms with Gasteiger partial charge in [0.15, 0.2) is 0 Å². The summed E-state index contributed by atoms with van der Waals surface area (Å²) >= 11 is 0. The van der Waals surface area contributed by atoms with E-state index in [0.717, 1.165) is 0 Å². The molecule has 0 amide bonds. The molecule has 0 saturated carbocycles. The molecule has 0 rings (SSSR count). The maximum atomic E-state index is 11.1. The van der Waals surface area contributed by atoms with Gasteiger partial charge in [-0.2, -0.15) is 0 Å². The van der Waals surface area contributed by atoms with Crippen LogP contribution in [0.2, 0.25) is 0 Å². The van der Waals surface area contributed by atoms with E-state index in [0.29, 0.717) is 0 Å². The molecular formula is C12H17O8+. The van der Waals surface area contributed by atoms with E-state index in [1.165, 1.54) is 0 Å². The third-order valence-electron chi connectivity index (χ3n) is 1.76. The van der Waals surface area contributed by atoms with Crippen LogP contribution in [0, 0.1) is 6.92 Å². The van der Waals surface area contributed by atoms with Crippen LogP contribution in [0.4, 0.5) is 0 Å². The van der Waals surface area contributed by atoms with E-state index in [9.17, 15) is 19.2 Å². The fourth-order valence-corrected chi connectivity index (χ4v) is 1.03. The Balaban J connectivity index is 3.65. The Hall–Kier alpha value is -2.25. The summed E-state index contributed by atoms with van der Waals surface area (Å²) in [5, 5.41) is 0. The minimum atomic E-state index is -0.801. The van der Waals surface area contributed by atoms with E-state index in [1.807, 2.05) is 0 Å². The summed E-state index contributed by atoms with van der Waals surface area (Å²) in [5.74, 6) is -3.02. The van der Waals surface area contributed by atoms with Crippen LogP contribution >= 0.6 is 0 Å². The Morgan fingerprint density at radius 2 is 1.15 bits per heavy atom. The fraction of sp³-hybridized carbons (Fsp3) is 0.583. The van der Waals surface area contributed by atoms with Gasteiger partial charge in [0.2, 0.25) is 6.61 Å². The number of ether oxygens (including phenoxy) is 4. The molecule has 0 aliphatic rings. The maximum absolute atomic E-state index is 11.1. The minimum absolute atomic E-state index is 0.0718. The van der Waals surface area contributed by atoms with Gasteiger partial charge in [0.05, 0.1) is 6.61 Å². The molecule has 0 aromatic rings. The third-order valence-corrected chi connectivity index (χ3v) is 1.76. The van der Waals surface area contributed by atoms with Crippen LogP contribution in [0.15, 0.2) is 0 Å². The molecule has 0 atom stereocenters. The van der Waals surface area contributed by atoms with Crippen LogP contribution in [-0.2, 0) is 38.1 Å². The number of esters is 4. The zero-order chi connectivity index (χ0) is 15.4. The molecule has 0 aliphatic heterocycles. The van der Waals surface area contributed by atoms with Crippen LogP contribution in [-0.4, -0.2) is 50.3 Å². The van der Waals surface area contributed by atoms with Gasteiger partial charge in [-0.05, 0) is 6.92 Å². The second-order valence-electron chi connectivity index (χ2n) is 3.32. The van der Waals surface area contributed by atoms with Crippen molar-refractivity contribution in [2.75, 3.05) is 26.4 Å². The van der Waals surface area contributed by atoms with E-state index >= 15 is 0 Å². The van der Waals surface area contributed by atoms with Crippen LogP contribution in [0.3, 0.4) is 0 Å². The largest absolute Gasteiger partial charge is 0.466 e. The van der Waals surface area contributed by atoms with Crippen molar-refractivity contribution in [2.45, 2.75) is 19.8 Å². The predicted octanol–water partition coefficient (Wildman–Crippen LogP) is -0.207. The minimum Gasteiger partial charge on any atom is -0.466 e. The van der Waals surface area contributed by atoms with E-state index in [1.54, 1.807) is 6.92 Å². The lowest BCUT2D eigenvalue weighted by Gasteiger charge is -2.06. The average Bonchev–Trinajstić information content (AvgIpc) is 2.35. The highest BCUT2D eigenvalue weighted by Crippen LogP contribution is 1.93. The van der Waals surface area contributed by atoms with Crippen molar-refractivity contribution in [3.63, 3.8) is 0 Å². The Morgan fingerprint density at radius 1 is 0.750 bits per heavy atom. The molecule has 0 aliphatic carbocycles. The quantitative estimate of drug-likeness (QED) is 0.189. The lowest BCUT2D eigenvalue weighted by Crippen LogP contribution is -2.19. The van der Waals surface area contributed by atoms with Gasteiger partial charge in [-0.25, -0.2) is 0 Å². The van der Waals surface area contributed by atoms with Gasteiger partial charge >= 0.3 is 23.9 Å². The first-order valence-electron chi connectivity index (χ1n) is 5.91. The molecular weight excluding hydrogens is 272 g/mol. The van der Waals surface area contributed by atoms with E-state index in [-0.39, 0.29) is 26.4 Å². The molecule has 0 aromatic carbocycles. The number of hydrogen-bond acceptors (Lipinski definition) is 8. The summed E-state index contributed by atoms with van der Waals surface area (Å²) in [6, 6.07) is 0.